The predicted molar refractivity (Wildman–Crippen MR) is 183 cm³/mol. The van der Waals surface area contributed by atoms with Gasteiger partial charge in [0.2, 0.25) is 0 Å². The number of allylic oxidation sites excluding steroid dienone is 1. The number of benzene rings is 3. The first kappa shape index (κ1) is 31.3. The number of hydrogen-bond acceptors (Lipinski definition) is 7. The van der Waals surface area contributed by atoms with E-state index in [0.717, 1.165) is 25.8 Å². The molecule has 1 amide bonds. The number of fused-ring (bicyclic) bond motifs is 1. The number of ether oxygens (including phenoxy) is 3. The Morgan fingerprint density at radius 2 is 1.84 bits per heavy atom. The van der Waals surface area contributed by atoms with E-state index in [0.29, 0.717) is 50.1 Å². The standard InChI is InChI=1S/C34H32IN3O5S/c1-7-14-43-31-25(35)16-22(17-27(31)42-6)18-28-33(40)38-30(23-9-11-24(41-5)12-10-23)29(21(4)36-34(38)44-28)32(39)37-26-13-8-19(2)15-20(26)3/h7-13,15-18,30H,1,14H2,2-6H3,(H,37,39)/b28-18-/t30-/m0/s1. The summed E-state index contributed by atoms with van der Waals surface area (Å²) in [6.45, 7) is 9.81. The molecule has 0 radical (unpaired) electrons. The van der Waals surface area contributed by atoms with E-state index in [-0.39, 0.29) is 11.5 Å². The third kappa shape index (κ3) is 6.22. The highest BCUT2D eigenvalue weighted by atomic mass is 127. The first-order valence-corrected chi connectivity index (χ1v) is 15.7. The van der Waals surface area contributed by atoms with Crippen LogP contribution in [0.2, 0.25) is 0 Å². The summed E-state index contributed by atoms with van der Waals surface area (Å²) in [5, 5.41) is 3.06. The number of halogens is 1. The zero-order valence-electron chi connectivity index (χ0n) is 25.1. The van der Waals surface area contributed by atoms with Gasteiger partial charge in [-0.2, -0.15) is 0 Å². The normalized spacial score (nSPS) is 14.5. The van der Waals surface area contributed by atoms with Crippen molar-refractivity contribution in [1.82, 2.24) is 4.57 Å². The van der Waals surface area contributed by atoms with Gasteiger partial charge >= 0.3 is 0 Å². The van der Waals surface area contributed by atoms with Gasteiger partial charge in [0.1, 0.15) is 12.4 Å². The Balaban J connectivity index is 1.64. The van der Waals surface area contributed by atoms with Crippen LogP contribution in [0.25, 0.3) is 6.08 Å². The van der Waals surface area contributed by atoms with Crippen LogP contribution in [0.5, 0.6) is 17.2 Å². The van der Waals surface area contributed by atoms with Crippen molar-refractivity contribution >= 4 is 51.6 Å². The quantitative estimate of drug-likeness (QED) is 0.178. The number of carbonyl (C=O) groups excluding carboxylic acids is 1. The second-order valence-corrected chi connectivity index (χ2v) is 12.4. The minimum atomic E-state index is -0.700. The maximum atomic E-state index is 14.1. The molecule has 4 aromatic rings. The van der Waals surface area contributed by atoms with E-state index < -0.39 is 6.04 Å². The molecule has 44 heavy (non-hydrogen) atoms. The lowest BCUT2D eigenvalue weighted by Crippen LogP contribution is -2.40. The Kier molecular flexibility index (Phi) is 9.40. The lowest BCUT2D eigenvalue weighted by atomic mass is 9.95. The molecule has 0 fully saturated rings. The van der Waals surface area contributed by atoms with Gasteiger partial charge < -0.3 is 19.5 Å². The molecule has 1 atom stereocenters. The molecule has 0 saturated carbocycles. The summed E-state index contributed by atoms with van der Waals surface area (Å²) >= 11 is 3.46. The maximum Gasteiger partial charge on any atom is 0.271 e. The Bertz CT molecular complexity index is 1980. The van der Waals surface area contributed by atoms with Crippen LogP contribution in [-0.2, 0) is 4.79 Å². The molecular weight excluding hydrogens is 689 g/mol. The molecule has 1 aliphatic rings. The molecule has 0 aliphatic carbocycles. The minimum absolute atomic E-state index is 0.250. The van der Waals surface area contributed by atoms with Gasteiger partial charge in [-0.05, 0) is 96.5 Å². The number of thiazole rings is 1. The van der Waals surface area contributed by atoms with Gasteiger partial charge in [0, 0.05) is 5.69 Å². The minimum Gasteiger partial charge on any atom is -0.497 e. The van der Waals surface area contributed by atoms with Gasteiger partial charge in [0.25, 0.3) is 11.5 Å². The molecule has 3 aromatic carbocycles. The Morgan fingerprint density at radius 1 is 1.09 bits per heavy atom. The molecule has 0 bridgehead atoms. The maximum absolute atomic E-state index is 14.1. The Morgan fingerprint density at radius 3 is 2.50 bits per heavy atom. The fraction of sp³-hybridized carbons (Fsp3) is 0.206. The van der Waals surface area contributed by atoms with E-state index in [1.807, 2.05) is 74.5 Å². The summed E-state index contributed by atoms with van der Waals surface area (Å²) < 4.78 is 19.7. The molecule has 10 heteroatoms. The van der Waals surface area contributed by atoms with Crippen molar-refractivity contribution in [3.63, 3.8) is 0 Å². The molecule has 2 heterocycles. The van der Waals surface area contributed by atoms with Gasteiger partial charge in [0.15, 0.2) is 16.3 Å². The molecule has 5 rings (SSSR count). The second-order valence-electron chi connectivity index (χ2n) is 10.3. The van der Waals surface area contributed by atoms with E-state index in [1.54, 1.807) is 31.8 Å². The summed E-state index contributed by atoms with van der Waals surface area (Å²) in [6, 6.07) is 16.3. The van der Waals surface area contributed by atoms with Crippen molar-refractivity contribution in [2.75, 3.05) is 26.1 Å². The lowest BCUT2D eigenvalue weighted by Gasteiger charge is -2.25. The SMILES string of the molecule is C=CCOc1c(I)cc(/C=c2\sc3n(c2=O)[C@@H](c2ccc(OC)cc2)C(C(=O)Nc2ccc(C)cc2C)=C(C)N=3)cc1OC. The van der Waals surface area contributed by atoms with E-state index in [9.17, 15) is 9.59 Å². The summed E-state index contributed by atoms with van der Waals surface area (Å²) in [7, 11) is 3.17. The van der Waals surface area contributed by atoms with Crippen LogP contribution in [-0.4, -0.2) is 31.3 Å². The summed E-state index contributed by atoms with van der Waals surface area (Å²) in [4.78, 5) is 33.3. The highest BCUT2D eigenvalue weighted by Gasteiger charge is 2.32. The van der Waals surface area contributed by atoms with Crippen molar-refractivity contribution < 1.29 is 19.0 Å². The summed E-state index contributed by atoms with van der Waals surface area (Å²) in [5.41, 5.74) is 4.97. The van der Waals surface area contributed by atoms with Gasteiger partial charge in [-0.15, -0.1) is 0 Å². The number of hydrogen-bond donors (Lipinski definition) is 1. The predicted octanol–water partition coefficient (Wildman–Crippen LogP) is 5.68. The summed E-state index contributed by atoms with van der Waals surface area (Å²) in [5.74, 6) is 1.52. The van der Waals surface area contributed by atoms with E-state index in [4.69, 9.17) is 19.2 Å². The first-order valence-electron chi connectivity index (χ1n) is 13.8. The number of nitrogens with one attached hydrogen (secondary N) is 1. The molecule has 0 unspecified atom stereocenters. The second kappa shape index (κ2) is 13.2. The monoisotopic (exact) mass is 721 g/mol. The highest BCUT2D eigenvalue weighted by Crippen LogP contribution is 2.35. The van der Waals surface area contributed by atoms with E-state index in [2.05, 4.69) is 34.5 Å². The Hall–Kier alpha value is -4.16. The number of rotatable bonds is 9. The smallest absolute Gasteiger partial charge is 0.271 e. The van der Waals surface area contributed by atoms with Crippen LogP contribution >= 0.6 is 33.9 Å². The third-order valence-electron chi connectivity index (χ3n) is 7.22. The molecule has 226 valence electrons. The number of carbonyl (C=O) groups is 1. The molecule has 1 aliphatic heterocycles. The number of anilines is 1. The number of nitrogens with zero attached hydrogens (tertiary/aromatic N) is 2. The van der Waals surface area contributed by atoms with E-state index in [1.165, 1.54) is 11.3 Å². The van der Waals surface area contributed by atoms with Gasteiger partial charge in [-0.25, -0.2) is 4.99 Å². The van der Waals surface area contributed by atoms with Crippen LogP contribution in [0.3, 0.4) is 0 Å². The van der Waals surface area contributed by atoms with E-state index >= 15 is 0 Å². The first-order chi connectivity index (χ1) is 21.1. The molecule has 1 N–H and O–H groups in total. The van der Waals surface area contributed by atoms with Crippen molar-refractivity contribution in [3.05, 3.63) is 124 Å². The molecule has 0 saturated heterocycles. The molecule has 1 aromatic heterocycles. The van der Waals surface area contributed by atoms with Gasteiger partial charge in [-0.1, -0.05) is 53.8 Å². The largest absolute Gasteiger partial charge is 0.497 e. The van der Waals surface area contributed by atoms with Crippen molar-refractivity contribution in [2.24, 2.45) is 4.99 Å². The third-order valence-corrected chi connectivity index (χ3v) is 9.01. The van der Waals surface area contributed by atoms with Crippen molar-refractivity contribution in [3.8, 4) is 17.2 Å². The topological polar surface area (TPSA) is 91.2 Å². The molecular formula is C34H32IN3O5S. The van der Waals surface area contributed by atoms with Crippen LogP contribution in [0.4, 0.5) is 5.69 Å². The lowest BCUT2D eigenvalue weighted by molar-refractivity contribution is -0.113. The number of aromatic nitrogens is 1. The van der Waals surface area contributed by atoms with Crippen LogP contribution < -0.4 is 34.4 Å². The molecule has 0 spiro atoms. The van der Waals surface area contributed by atoms with Crippen molar-refractivity contribution in [2.45, 2.75) is 26.8 Å². The van der Waals surface area contributed by atoms with Crippen molar-refractivity contribution in [1.29, 1.82) is 0 Å². The average Bonchev–Trinajstić information content (AvgIpc) is 3.30. The van der Waals surface area contributed by atoms with Crippen LogP contribution in [0.1, 0.15) is 35.2 Å². The van der Waals surface area contributed by atoms with Crippen LogP contribution in [0.15, 0.2) is 88.3 Å². The molecule has 8 nitrogen and oxygen atoms in total. The number of amides is 1. The fourth-order valence-corrected chi connectivity index (χ4v) is 6.94. The highest BCUT2D eigenvalue weighted by molar-refractivity contribution is 14.1. The summed E-state index contributed by atoms with van der Waals surface area (Å²) in [6.07, 6.45) is 3.48. The van der Waals surface area contributed by atoms with Gasteiger partial charge in [0.05, 0.1) is 39.6 Å². The number of aryl methyl sites for hydroxylation is 2. The Labute approximate surface area is 273 Å². The number of methoxy groups -OCH3 is 2. The van der Waals surface area contributed by atoms with Crippen LogP contribution in [0, 0.1) is 17.4 Å². The zero-order valence-corrected chi connectivity index (χ0v) is 28.0. The average molecular weight is 722 g/mol. The van der Waals surface area contributed by atoms with Gasteiger partial charge in [-0.3, -0.25) is 14.2 Å². The fourth-order valence-electron chi connectivity index (χ4n) is 5.11. The zero-order chi connectivity index (χ0) is 31.5.